The van der Waals surface area contributed by atoms with E-state index in [1.54, 1.807) is 6.07 Å². The number of amides is 1. The Morgan fingerprint density at radius 1 is 1.18 bits per heavy atom. The first-order valence-corrected chi connectivity index (χ1v) is 10.7. The SMILES string of the molecule is CC(C)CN1CC2(COCCN(Cc3cccc(C(F)(F)F)c3)C2)CC1=O.O=C(O)C(F)(F)F. The predicted octanol–water partition coefficient (Wildman–Crippen LogP) is 4.05. The second kappa shape index (κ2) is 10.9. The van der Waals surface area contributed by atoms with Gasteiger partial charge in [0, 0.05) is 44.6 Å². The topological polar surface area (TPSA) is 70.1 Å². The van der Waals surface area contributed by atoms with Gasteiger partial charge in [-0.15, -0.1) is 0 Å². The molecule has 1 spiro atoms. The summed E-state index contributed by atoms with van der Waals surface area (Å²) in [6.45, 7) is 8.33. The Balaban J connectivity index is 0.000000509. The highest BCUT2D eigenvalue weighted by atomic mass is 19.4. The molecule has 0 aliphatic carbocycles. The lowest BCUT2D eigenvalue weighted by atomic mass is 9.87. The van der Waals surface area contributed by atoms with Crippen molar-refractivity contribution in [3.05, 3.63) is 35.4 Å². The molecule has 6 nitrogen and oxygen atoms in total. The van der Waals surface area contributed by atoms with Crippen molar-refractivity contribution < 1.29 is 45.8 Å². The highest BCUT2D eigenvalue weighted by molar-refractivity contribution is 5.79. The molecule has 0 radical (unpaired) electrons. The van der Waals surface area contributed by atoms with Gasteiger partial charge >= 0.3 is 18.3 Å². The first-order chi connectivity index (χ1) is 15.6. The lowest BCUT2D eigenvalue weighted by Crippen LogP contribution is -2.41. The molecule has 1 atom stereocenters. The quantitative estimate of drug-likeness (QED) is 0.635. The van der Waals surface area contributed by atoms with Crippen molar-refractivity contribution in [1.82, 2.24) is 9.80 Å². The van der Waals surface area contributed by atoms with Crippen LogP contribution in [0, 0.1) is 11.3 Å². The zero-order chi connectivity index (χ0) is 25.7. The molecule has 1 amide bonds. The minimum Gasteiger partial charge on any atom is -0.475 e. The maximum atomic E-state index is 13.0. The van der Waals surface area contributed by atoms with Crippen molar-refractivity contribution in [2.45, 2.75) is 39.2 Å². The first-order valence-electron chi connectivity index (χ1n) is 10.7. The number of alkyl halides is 6. The summed E-state index contributed by atoms with van der Waals surface area (Å²) in [7, 11) is 0. The van der Waals surface area contributed by atoms with E-state index >= 15 is 0 Å². The minimum atomic E-state index is -5.08. The Morgan fingerprint density at radius 3 is 2.38 bits per heavy atom. The standard InChI is InChI=1S/C20H27F3N2O2.C2HF3O2/c1-15(2)10-25-13-19(9-18(25)26)12-24(6-7-27-14-19)11-16-4-3-5-17(8-16)20(21,22)23;3-2(4,5)1(6)7/h3-5,8,15H,6-7,9-14H2,1-2H3;(H,6,7). The molecule has 1 aromatic carbocycles. The van der Waals surface area contributed by atoms with Gasteiger partial charge in [0.1, 0.15) is 0 Å². The molecule has 2 saturated heterocycles. The van der Waals surface area contributed by atoms with Crippen LogP contribution < -0.4 is 0 Å². The van der Waals surface area contributed by atoms with Crippen LogP contribution in [0.3, 0.4) is 0 Å². The summed E-state index contributed by atoms with van der Waals surface area (Å²) < 4.78 is 76.4. The summed E-state index contributed by atoms with van der Waals surface area (Å²) in [6.07, 6.45) is -8.98. The number of ether oxygens (including phenoxy) is 1. The second-order valence-corrected chi connectivity index (χ2v) is 9.11. The molecule has 2 fully saturated rings. The zero-order valence-corrected chi connectivity index (χ0v) is 18.9. The molecule has 0 saturated carbocycles. The summed E-state index contributed by atoms with van der Waals surface area (Å²) >= 11 is 0. The van der Waals surface area contributed by atoms with E-state index in [0.29, 0.717) is 57.3 Å². The van der Waals surface area contributed by atoms with Crippen LogP contribution in [0.1, 0.15) is 31.4 Å². The van der Waals surface area contributed by atoms with E-state index in [9.17, 15) is 31.1 Å². The predicted molar refractivity (Wildman–Crippen MR) is 110 cm³/mol. The largest absolute Gasteiger partial charge is 0.490 e. The molecule has 192 valence electrons. The van der Waals surface area contributed by atoms with E-state index < -0.39 is 23.9 Å². The van der Waals surface area contributed by atoms with E-state index in [1.807, 2.05) is 4.90 Å². The summed E-state index contributed by atoms with van der Waals surface area (Å²) in [4.78, 5) is 25.4. The van der Waals surface area contributed by atoms with E-state index in [2.05, 4.69) is 18.7 Å². The van der Waals surface area contributed by atoms with E-state index in [1.165, 1.54) is 12.1 Å². The number of carboxylic acids is 1. The number of carbonyl (C=O) groups is 2. The highest BCUT2D eigenvalue weighted by Gasteiger charge is 2.45. The fraction of sp³-hybridized carbons (Fsp3) is 0.636. The highest BCUT2D eigenvalue weighted by Crippen LogP contribution is 2.35. The average molecular weight is 498 g/mol. The van der Waals surface area contributed by atoms with Crippen molar-refractivity contribution in [3.63, 3.8) is 0 Å². The van der Waals surface area contributed by atoms with E-state index in [-0.39, 0.29) is 11.3 Å². The molecule has 2 aliphatic rings. The molecule has 2 aliphatic heterocycles. The van der Waals surface area contributed by atoms with Gasteiger partial charge in [0.15, 0.2) is 0 Å². The van der Waals surface area contributed by atoms with E-state index in [4.69, 9.17) is 14.6 Å². The van der Waals surface area contributed by atoms with Gasteiger partial charge in [0.25, 0.3) is 0 Å². The van der Waals surface area contributed by atoms with Crippen LogP contribution in [0.5, 0.6) is 0 Å². The number of halogens is 6. The Morgan fingerprint density at radius 2 is 1.82 bits per heavy atom. The summed E-state index contributed by atoms with van der Waals surface area (Å²) in [5, 5.41) is 7.12. The molecule has 2 heterocycles. The first kappa shape index (κ1) is 27.9. The number of rotatable bonds is 4. The Labute approximate surface area is 193 Å². The third-order valence-corrected chi connectivity index (χ3v) is 5.41. The Kier molecular flexibility index (Phi) is 8.98. The number of carboxylic acid groups (broad SMARTS) is 1. The van der Waals surface area contributed by atoms with Crippen LogP contribution in [-0.4, -0.2) is 72.4 Å². The number of nitrogens with zero attached hydrogens (tertiary/aromatic N) is 2. The molecule has 34 heavy (non-hydrogen) atoms. The maximum Gasteiger partial charge on any atom is 0.490 e. The van der Waals surface area contributed by atoms with Gasteiger partial charge in [0.05, 0.1) is 18.8 Å². The van der Waals surface area contributed by atoms with Crippen LogP contribution in [-0.2, 0) is 27.0 Å². The smallest absolute Gasteiger partial charge is 0.475 e. The summed E-state index contributed by atoms with van der Waals surface area (Å²) in [5.41, 5.74) is -0.269. The zero-order valence-electron chi connectivity index (χ0n) is 18.9. The third kappa shape index (κ3) is 8.15. The molecule has 12 heteroatoms. The van der Waals surface area contributed by atoms with Gasteiger partial charge in [-0.1, -0.05) is 32.0 Å². The maximum absolute atomic E-state index is 13.0. The van der Waals surface area contributed by atoms with Crippen molar-refractivity contribution in [2.75, 3.05) is 39.4 Å². The number of likely N-dealkylation sites (tertiary alicyclic amines) is 1. The van der Waals surface area contributed by atoms with Crippen molar-refractivity contribution in [1.29, 1.82) is 0 Å². The van der Waals surface area contributed by atoms with Crippen molar-refractivity contribution in [3.8, 4) is 0 Å². The second-order valence-electron chi connectivity index (χ2n) is 9.11. The molecule has 1 unspecified atom stereocenters. The van der Waals surface area contributed by atoms with Crippen LogP contribution in [0.15, 0.2) is 24.3 Å². The number of aliphatic carboxylic acids is 1. The molecule has 0 bridgehead atoms. The van der Waals surface area contributed by atoms with Gasteiger partial charge in [0.2, 0.25) is 5.91 Å². The summed E-state index contributed by atoms with van der Waals surface area (Å²) in [5.74, 6) is -2.21. The van der Waals surface area contributed by atoms with Gasteiger partial charge < -0.3 is 14.7 Å². The number of carbonyl (C=O) groups excluding carboxylic acids is 1. The van der Waals surface area contributed by atoms with Gasteiger partial charge in [-0.25, -0.2) is 4.79 Å². The van der Waals surface area contributed by atoms with Crippen LogP contribution in [0.25, 0.3) is 0 Å². The lowest BCUT2D eigenvalue weighted by molar-refractivity contribution is -0.192. The number of benzene rings is 1. The van der Waals surface area contributed by atoms with Crippen LogP contribution >= 0.6 is 0 Å². The Bertz CT molecular complexity index is 859. The van der Waals surface area contributed by atoms with Crippen molar-refractivity contribution >= 4 is 11.9 Å². The molecule has 1 aromatic rings. The molecule has 1 N–H and O–H groups in total. The molecule has 3 rings (SSSR count). The number of hydrogen-bond acceptors (Lipinski definition) is 4. The minimum absolute atomic E-state index is 0.146. The van der Waals surface area contributed by atoms with Gasteiger partial charge in [-0.2, -0.15) is 26.3 Å². The van der Waals surface area contributed by atoms with Gasteiger partial charge in [-0.3, -0.25) is 9.69 Å². The molecular weight excluding hydrogens is 470 g/mol. The van der Waals surface area contributed by atoms with Gasteiger partial charge in [-0.05, 0) is 17.5 Å². The number of hydrogen-bond donors (Lipinski definition) is 1. The molecule has 0 aromatic heterocycles. The normalized spacial score (nSPS) is 22.0. The van der Waals surface area contributed by atoms with E-state index in [0.717, 1.165) is 12.6 Å². The lowest BCUT2D eigenvalue weighted by Gasteiger charge is -2.31. The Hall–Kier alpha value is -2.34. The fourth-order valence-corrected chi connectivity index (χ4v) is 4.11. The van der Waals surface area contributed by atoms with Crippen LogP contribution in [0.2, 0.25) is 0 Å². The fourth-order valence-electron chi connectivity index (χ4n) is 4.11. The monoisotopic (exact) mass is 498 g/mol. The summed E-state index contributed by atoms with van der Waals surface area (Å²) in [6, 6.07) is 5.48. The van der Waals surface area contributed by atoms with Crippen molar-refractivity contribution in [2.24, 2.45) is 11.3 Å². The van der Waals surface area contributed by atoms with Crippen LogP contribution in [0.4, 0.5) is 26.3 Å². The average Bonchev–Trinajstić information content (AvgIpc) is 2.86. The third-order valence-electron chi connectivity index (χ3n) is 5.41. The molecular formula is C22H28F6N2O4.